The lowest BCUT2D eigenvalue weighted by Gasteiger charge is -2.16. The maximum absolute atomic E-state index is 12.4. The normalized spacial score (nSPS) is 13.2. The van der Waals surface area contributed by atoms with E-state index in [1.807, 2.05) is 31.2 Å². The molecule has 7 heteroatoms. The number of hydrogen-bond donors (Lipinski definition) is 1. The molecule has 0 aromatic heterocycles. The Bertz CT molecular complexity index is 832. The Labute approximate surface area is 131 Å². The molecule has 1 aliphatic rings. The van der Waals surface area contributed by atoms with Crippen molar-refractivity contribution in [3.05, 3.63) is 69.3 Å². The van der Waals surface area contributed by atoms with Crippen LogP contribution in [0.25, 0.3) is 0 Å². The molecule has 2 aromatic rings. The van der Waals surface area contributed by atoms with Gasteiger partial charge in [0.15, 0.2) is 0 Å². The number of anilines is 1. The molecular weight excluding hydrogens is 298 g/mol. The van der Waals surface area contributed by atoms with Gasteiger partial charge in [0.1, 0.15) is 5.56 Å². The summed E-state index contributed by atoms with van der Waals surface area (Å²) in [6.45, 7) is 1.85. The van der Waals surface area contributed by atoms with E-state index in [0.717, 1.165) is 16.2 Å². The first kappa shape index (κ1) is 14.7. The SMILES string of the molecule is Cc1ccccc1NCN1C(=O)c2cccc([N+](=O)[O-])c2C1=O. The molecule has 0 bridgehead atoms. The number of hydrogen-bond acceptors (Lipinski definition) is 5. The summed E-state index contributed by atoms with van der Waals surface area (Å²) in [6, 6.07) is 11.5. The number of fused-ring (bicyclic) bond motifs is 1. The van der Waals surface area contributed by atoms with Crippen LogP contribution in [0.2, 0.25) is 0 Å². The van der Waals surface area contributed by atoms with Gasteiger partial charge in [-0.15, -0.1) is 0 Å². The predicted molar refractivity (Wildman–Crippen MR) is 83.3 cm³/mol. The van der Waals surface area contributed by atoms with Crippen LogP contribution in [0.5, 0.6) is 0 Å². The van der Waals surface area contributed by atoms with Gasteiger partial charge in [-0.2, -0.15) is 0 Å². The van der Waals surface area contributed by atoms with Crippen molar-refractivity contribution >= 4 is 23.2 Å². The Kier molecular flexibility index (Phi) is 3.53. The molecule has 0 aliphatic carbocycles. The number of nitrogens with zero attached hydrogens (tertiary/aromatic N) is 2. The van der Waals surface area contributed by atoms with Gasteiger partial charge in [0.05, 0.1) is 17.2 Å². The molecule has 0 atom stereocenters. The van der Waals surface area contributed by atoms with Crippen LogP contribution < -0.4 is 5.32 Å². The lowest BCUT2D eigenvalue weighted by molar-refractivity contribution is -0.385. The van der Waals surface area contributed by atoms with Crippen LogP contribution >= 0.6 is 0 Å². The fourth-order valence-corrected chi connectivity index (χ4v) is 2.55. The number of benzene rings is 2. The predicted octanol–water partition coefficient (Wildman–Crippen LogP) is 2.57. The molecule has 116 valence electrons. The van der Waals surface area contributed by atoms with Gasteiger partial charge in [-0.25, -0.2) is 0 Å². The maximum Gasteiger partial charge on any atom is 0.282 e. The highest BCUT2D eigenvalue weighted by Gasteiger charge is 2.40. The minimum Gasteiger partial charge on any atom is -0.367 e. The Morgan fingerprint density at radius 1 is 1.09 bits per heavy atom. The van der Waals surface area contributed by atoms with Gasteiger partial charge in [-0.1, -0.05) is 24.3 Å². The molecule has 23 heavy (non-hydrogen) atoms. The summed E-state index contributed by atoms with van der Waals surface area (Å²) in [7, 11) is 0. The molecule has 2 aromatic carbocycles. The summed E-state index contributed by atoms with van der Waals surface area (Å²) in [4.78, 5) is 36.1. The summed E-state index contributed by atoms with van der Waals surface area (Å²) in [5, 5.41) is 14.1. The van der Waals surface area contributed by atoms with Crippen molar-refractivity contribution in [2.24, 2.45) is 0 Å². The van der Waals surface area contributed by atoms with E-state index < -0.39 is 16.7 Å². The van der Waals surface area contributed by atoms with Gasteiger partial charge in [-0.05, 0) is 24.6 Å². The topological polar surface area (TPSA) is 92.6 Å². The zero-order valence-corrected chi connectivity index (χ0v) is 12.3. The molecule has 1 aliphatic heterocycles. The molecule has 0 spiro atoms. The van der Waals surface area contributed by atoms with Crippen LogP contribution in [0, 0.1) is 17.0 Å². The zero-order chi connectivity index (χ0) is 16.6. The van der Waals surface area contributed by atoms with E-state index in [4.69, 9.17) is 0 Å². The van der Waals surface area contributed by atoms with Crippen molar-refractivity contribution in [1.82, 2.24) is 4.90 Å². The Hall–Kier alpha value is -3.22. The van der Waals surface area contributed by atoms with Crippen molar-refractivity contribution < 1.29 is 14.5 Å². The minimum atomic E-state index is -0.654. The standard InChI is InChI=1S/C16H13N3O4/c1-10-5-2-3-7-12(10)17-9-18-15(20)11-6-4-8-13(19(22)23)14(11)16(18)21/h2-8,17H,9H2,1H3. The molecule has 0 saturated carbocycles. The van der Waals surface area contributed by atoms with Gasteiger partial charge < -0.3 is 5.32 Å². The number of carbonyl (C=O) groups excluding carboxylic acids is 2. The van der Waals surface area contributed by atoms with Gasteiger partial charge in [0, 0.05) is 11.8 Å². The van der Waals surface area contributed by atoms with Crippen molar-refractivity contribution in [2.45, 2.75) is 6.92 Å². The van der Waals surface area contributed by atoms with E-state index in [2.05, 4.69) is 5.32 Å². The molecule has 1 N–H and O–H groups in total. The second-order valence-corrected chi connectivity index (χ2v) is 5.14. The summed E-state index contributed by atoms with van der Waals surface area (Å²) in [5.74, 6) is -1.19. The molecule has 0 radical (unpaired) electrons. The number of nitro benzene ring substituents is 1. The zero-order valence-electron chi connectivity index (χ0n) is 12.3. The van der Waals surface area contributed by atoms with E-state index >= 15 is 0 Å². The second kappa shape index (κ2) is 5.53. The van der Waals surface area contributed by atoms with E-state index in [9.17, 15) is 19.7 Å². The first-order valence-corrected chi connectivity index (χ1v) is 6.94. The quantitative estimate of drug-likeness (QED) is 0.532. The molecule has 2 amide bonds. The van der Waals surface area contributed by atoms with Crippen molar-refractivity contribution in [2.75, 3.05) is 12.0 Å². The molecule has 7 nitrogen and oxygen atoms in total. The second-order valence-electron chi connectivity index (χ2n) is 5.14. The number of rotatable bonds is 4. The molecule has 0 saturated heterocycles. The third kappa shape index (κ3) is 2.42. The van der Waals surface area contributed by atoms with E-state index in [1.165, 1.54) is 18.2 Å². The van der Waals surface area contributed by atoms with Crippen LogP contribution in [-0.4, -0.2) is 28.3 Å². The minimum absolute atomic E-state index is 0.0473. The third-order valence-electron chi connectivity index (χ3n) is 3.75. The third-order valence-corrected chi connectivity index (χ3v) is 3.75. The number of amides is 2. The molecule has 0 unspecified atom stereocenters. The van der Waals surface area contributed by atoms with Crippen LogP contribution in [0.4, 0.5) is 11.4 Å². The number of para-hydroxylation sites is 1. The molecule has 1 heterocycles. The largest absolute Gasteiger partial charge is 0.367 e. The number of aryl methyl sites for hydroxylation is 1. The van der Waals surface area contributed by atoms with Crippen molar-refractivity contribution in [3.63, 3.8) is 0 Å². The average Bonchev–Trinajstić information content (AvgIpc) is 2.78. The van der Waals surface area contributed by atoms with Crippen LogP contribution in [0.1, 0.15) is 26.3 Å². The highest BCUT2D eigenvalue weighted by atomic mass is 16.6. The van der Waals surface area contributed by atoms with Gasteiger partial charge in [0.25, 0.3) is 17.5 Å². The van der Waals surface area contributed by atoms with E-state index in [1.54, 1.807) is 0 Å². The van der Waals surface area contributed by atoms with Crippen molar-refractivity contribution in [1.29, 1.82) is 0 Å². The number of carbonyl (C=O) groups is 2. The first-order chi connectivity index (χ1) is 11.0. The van der Waals surface area contributed by atoms with Crippen LogP contribution in [0.15, 0.2) is 42.5 Å². The van der Waals surface area contributed by atoms with Crippen LogP contribution in [-0.2, 0) is 0 Å². The molecular formula is C16H13N3O4. The summed E-state index contributed by atoms with van der Waals surface area (Å²) >= 11 is 0. The Morgan fingerprint density at radius 2 is 1.83 bits per heavy atom. The average molecular weight is 311 g/mol. The lowest BCUT2D eigenvalue weighted by Crippen LogP contribution is -2.34. The van der Waals surface area contributed by atoms with Crippen molar-refractivity contribution in [3.8, 4) is 0 Å². The lowest BCUT2D eigenvalue weighted by atomic mass is 10.1. The fourth-order valence-electron chi connectivity index (χ4n) is 2.55. The first-order valence-electron chi connectivity index (χ1n) is 6.94. The maximum atomic E-state index is 12.4. The Morgan fingerprint density at radius 3 is 2.52 bits per heavy atom. The van der Waals surface area contributed by atoms with E-state index in [0.29, 0.717) is 0 Å². The van der Waals surface area contributed by atoms with Gasteiger partial charge in [-0.3, -0.25) is 24.6 Å². The highest BCUT2D eigenvalue weighted by Crippen LogP contribution is 2.30. The molecule has 0 fully saturated rings. The monoisotopic (exact) mass is 311 g/mol. The highest BCUT2D eigenvalue weighted by molar-refractivity contribution is 6.23. The number of imide groups is 1. The Balaban J connectivity index is 1.88. The number of nitro groups is 1. The number of nitrogens with one attached hydrogen (secondary N) is 1. The van der Waals surface area contributed by atoms with Gasteiger partial charge >= 0.3 is 0 Å². The summed E-state index contributed by atoms with van der Waals surface area (Å²) in [5.41, 5.74) is 1.33. The van der Waals surface area contributed by atoms with Crippen LogP contribution in [0.3, 0.4) is 0 Å². The molecule has 3 rings (SSSR count). The summed E-state index contributed by atoms with van der Waals surface area (Å²) in [6.07, 6.45) is 0. The summed E-state index contributed by atoms with van der Waals surface area (Å²) < 4.78 is 0. The fraction of sp³-hybridized carbons (Fsp3) is 0.125. The van der Waals surface area contributed by atoms with E-state index in [-0.39, 0.29) is 23.5 Å². The van der Waals surface area contributed by atoms with Gasteiger partial charge in [0.2, 0.25) is 0 Å². The smallest absolute Gasteiger partial charge is 0.282 e.